The van der Waals surface area contributed by atoms with Gasteiger partial charge in [0, 0.05) is 35.4 Å². The number of pyridine rings is 2. The third kappa shape index (κ3) is 3.85. The number of rotatable bonds is 5. The summed E-state index contributed by atoms with van der Waals surface area (Å²) in [5, 5.41) is 4.00. The van der Waals surface area contributed by atoms with E-state index in [1.165, 1.54) is 18.3 Å². The van der Waals surface area contributed by atoms with Crippen LogP contribution in [0, 0.1) is 12.7 Å². The van der Waals surface area contributed by atoms with Crippen LogP contribution in [0.3, 0.4) is 0 Å². The van der Waals surface area contributed by atoms with E-state index in [-0.39, 0.29) is 11.6 Å². The SMILES string of the molecule is CCN(CC)C(=O)c1cnc2nc(C)ccc2c1Nc1ccc(Cl)cc1F. The van der Waals surface area contributed by atoms with E-state index < -0.39 is 5.82 Å². The zero-order valence-corrected chi connectivity index (χ0v) is 16.1. The Morgan fingerprint density at radius 3 is 2.63 bits per heavy atom. The number of hydrogen-bond acceptors (Lipinski definition) is 4. The molecule has 2 heterocycles. The van der Waals surface area contributed by atoms with E-state index >= 15 is 0 Å². The van der Waals surface area contributed by atoms with Crippen LogP contribution in [-0.4, -0.2) is 33.9 Å². The first kappa shape index (κ1) is 19.0. The summed E-state index contributed by atoms with van der Waals surface area (Å²) in [6.07, 6.45) is 1.49. The minimum absolute atomic E-state index is 0.174. The minimum atomic E-state index is -0.506. The highest BCUT2D eigenvalue weighted by molar-refractivity contribution is 6.30. The molecule has 1 N–H and O–H groups in total. The van der Waals surface area contributed by atoms with Crippen molar-refractivity contribution in [2.24, 2.45) is 0 Å². The van der Waals surface area contributed by atoms with Gasteiger partial charge in [0.2, 0.25) is 0 Å². The molecule has 3 rings (SSSR count). The second-order valence-corrected chi connectivity index (χ2v) is 6.53. The van der Waals surface area contributed by atoms with Gasteiger partial charge in [0.25, 0.3) is 5.91 Å². The molecule has 5 nitrogen and oxygen atoms in total. The van der Waals surface area contributed by atoms with Gasteiger partial charge in [-0.3, -0.25) is 4.79 Å². The summed E-state index contributed by atoms with van der Waals surface area (Å²) in [4.78, 5) is 23.4. The minimum Gasteiger partial charge on any atom is -0.352 e. The van der Waals surface area contributed by atoms with E-state index in [9.17, 15) is 9.18 Å². The number of amides is 1. The van der Waals surface area contributed by atoms with E-state index in [1.807, 2.05) is 32.9 Å². The molecule has 0 bridgehead atoms. The summed E-state index contributed by atoms with van der Waals surface area (Å²) in [7, 11) is 0. The molecular formula is C20H20ClFN4O. The van der Waals surface area contributed by atoms with Crippen LogP contribution in [0.5, 0.6) is 0 Å². The lowest BCUT2D eigenvalue weighted by atomic mass is 10.1. The Kier molecular flexibility index (Phi) is 5.56. The van der Waals surface area contributed by atoms with Crippen molar-refractivity contribution in [1.29, 1.82) is 0 Å². The number of anilines is 2. The van der Waals surface area contributed by atoms with Gasteiger partial charge >= 0.3 is 0 Å². The number of hydrogen-bond donors (Lipinski definition) is 1. The van der Waals surface area contributed by atoms with E-state index in [4.69, 9.17) is 11.6 Å². The van der Waals surface area contributed by atoms with Crippen LogP contribution in [0.1, 0.15) is 29.9 Å². The second-order valence-electron chi connectivity index (χ2n) is 6.10. The predicted molar refractivity (Wildman–Crippen MR) is 106 cm³/mol. The molecular weight excluding hydrogens is 367 g/mol. The molecule has 2 aromatic heterocycles. The molecule has 0 aliphatic carbocycles. The highest BCUT2D eigenvalue weighted by Gasteiger charge is 2.21. The molecule has 1 amide bonds. The molecule has 0 aliphatic rings. The summed E-state index contributed by atoms with van der Waals surface area (Å²) >= 11 is 5.84. The Bertz CT molecular complexity index is 1000. The van der Waals surface area contributed by atoms with Crippen molar-refractivity contribution in [3.63, 3.8) is 0 Å². The first-order chi connectivity index (χ1) is 12.9. The number of halogens is 2. The topological polar surface area (TPSA) is 58.1 Å². The molecule has 0 radical (unpaired) electrons. The van der Waals surface area contributed by atoms with Crippen molar-refractivity contribution in [2.75, 3.05) is 18.4 Å². The molecule has 140 valence electrons. The average molecular weight is 387 g/mol. The van der Waals surface area contributed by atoms with E-state index in [2.05, 4.69) is 15.3 Å². The second kappa shape index (κ2) is 7.88. The molecule has 7 heteroatoms. The highest BCUT2D eigenvalue weighted by atomic mass is 35.5. The lowest BCUT2D eigenvalue weighted by molar-refractivity contribution is 0.0773. The standard InChI is InChI=1S/C20H20ClFN4O/c1-4-26(5-2)20(27)15-11-23-19-14(8-6-12(3)24-19)18(15)25-17-9-7-13(21)10-16(17)22/h6-11H,4-5H2,1-3H3,(H,23,24,25). The Morgan fingerprint density at radius 1 is 1.22 bits per heavy atom. The largest absolute Gasteiger partial charge is 0.352 e. The average Bonchev–Trinajstić information content (AvgIpc) is 2.64. The number of nitrogens with zero attached hydrogens (tertiary/aromatic N) is 3. The number of aromatic nitrogens is 2. The quantitative estimate of drug-likeness (QED) is 0.673. The molecule has 0 unspecified atom stereocenters. The predicted octanol–water partition coefficient (Wildman–Crippen LogP) is 4.96. The molecule has 0 spiro atoms. The van der Waals surface area contributed by atoms with Crippen LogP contribution in [0.15, 0.2) is 36.5 Å². The fraction of sp³-hybridized carbons (Fsp3) is 0.250. The van der Waals surface area contributed by atoms with Gasteiger partial charge in [0.05, 0.1) is 16.9 Å². The number of aryl methyl sites for hydroxylation is 1. The number of benzene rings is 1. The Balaban J connectivity index is 2.19. The molecule has 1 aromatic carbocycles. The molecule has 0 atom stereocenters. The first-order valence-electron chi connectivity index (χ1n) is 8.72. The first-order valence-corrected chi connectivity index (χ1v) is 9.10. The maximum absolute atomic E-state index is 14.4. The van der Waals surface area contributed by atoms with Crippen LogP contribution >= 0.6 is 11.6 Å². The monoisotopic (exact) mass is 386 g/mol. The molecule has 0 saturated heterocycles. The van der Waals surface area contributed by atoms with E-state index in [1.54, 1.807) is 11.0 Å². The zero-order valence-electron chi connectivity index (χ0n) is 15.4. The maximum atomic E-state index is 14.4. The number of carbonyl (C=O) groups excluding carboxylic acids is 1. The van der Waals surface area contributed by atoms with Gasteiger partial charge < -0.3 is 10.2 Å². The van der Waals surface area contributed by atoms with Crippen LogP contribution in [0.2, 0.25) is 5.02 Å². The number of nitrogens with one attached hydrogen (secondary N) is 1. The normalized spacial score (nSPS) is 10.9. The van der Waals surface area contributed by atoms with Gasteiger partial charge in [-0.25, -0.2) is 14.4 Å². The third-order valence-corrected chi connectivity index (χ3v) is 4.58. The number of fused-ring (bicyclic) bond motifs is 1. The molecule has 3 aromatic rings. The fourth-order valence-electron chi connectivity index (χ4n) is 2.88. The smallest absolute Gasteiger partial charge is 0.257 e. The van der Waals surface area contributed by atoms with Crippen molar-refractivity contribution in [1.82, 2.24) is 14.9 Å². The summed E-state index contributed by atoms with van der Waals surface area (Å²) in [5.74, 6) is -0.680. The van der Waals surface area contributed by atoms with Crippen LogP contribution in [0.25, 0.3) is 11.0 Å². The zero-order chi connectivity index (χ0) is 19.6. The summed E-state index contributed by atoms with van der Waals surface area (Å²) < 4.78 is 14.4. The molecule has 27 heavy (non-hydrogen) atoms. The van der Waals surface area contributed by atoms with Gasteiger partial charge in [-0.1, -0.05) is 11.6 Å². The molecule has 0 aliphatic heterocycles. The van der Waals surface area contributed by atoms with E-state index in [0.29, 0.717) is 40.4 Å². The van der Waals surface area contributed by atoms with Crippen molar-refractivity contribution in [3.05, 3.63) is 58.6 Å². The van der Waals surface area contributed by atoms with Crippen molar-refractivity contribution in [3.8, 4) is 0 Å². The summed E-state index contributed by atoms with van der Waals surface area (Å²) in [5.41, 5.74) is 2.36. The molecule has 0 saturated carbocycles. The highest BCUT2D eigenvalue weighted by Crippen LogP contribution is 2.31. The Morgan fingerprint density at radius 2 is 1.96 bits per heavy atom. The van der Waals surface area contributed by atoms with Gasteiger partial charge in [0.15, 0.2) is 5.65 Å². The van der Waals surface area contributed by atoms with Crippen LogP contribution in [-0.2, 0) is 0 Å². The lowest BCUT2D eigenvalue weighted by Gasteiger charge is -2.21. The van der Waals surface area contributed by atoms with Crippen LogP contribution < -0.4 is 5.32 Å². The van der Waals surface area contributed by atoms with Gasteiger partial charge in [-0.05, 0) is 51.1 Å². The Hall–Kier alpha value is -2.73. The maximum Gasteiger partial charge on any atom is 0.257 e. The fourth-order valence-corrected chi connectivity index (χ4v) is 3.03. The van der Waals surface area contributed by atoms with Crippen molar-refractivity contribution < 1.29 is 9.18 Å². The van der Waals surface area contributed by atoms with Crippen molar-refractivity contribution in [2.45, 2.75) is 20.8 Å². The van der Waals surface area contributed by atoms with E-state index in [0.717, 1.165) is 5.69 Å². The van der Waals surface area contributed by atoms with Gasteiger partial charge in [-0.15, -0.1) is 0 Å². The summed E-state index contributed by atoms with van der Waals surface area (Å²) in [6, 6.07) is 8.02. The van der Waals surface area contributed by atoms with Gasteiger partial charge in [-0.2, -0.15) is 0 Å². The van der Waals surface area contributed by atoms with Gasteiger partial charge in [0.1, 0.15) is 5.82 Å². The lowest BCUT2D eigenvalue weighted by Crippen LogP contribution is -2.31. The molecule has 0 fully saturated rings. The third-order valence-electron chi connectivity index (χ3n) is 4.34. The summed E-state index contributed by atoms with van der Waals surface area (Å²) in [6.45, 7) is 6.81. The van der Waals surface area contributed by atoms with Crippen LogP contribution in [0.4, 0.5) is 15.8 Å². The Labute approximate surface area is 162 Å². The number of carbonyl (C=O) groups is 1. The van der Waals surface area contributed by atoms with Crippen molar-refractivity contribution >= 4 is 39.9 Å².